The van der Waals surface area contributed by atoms with Crippen LogP contribution in [0.15, 0.2) is 41.6 Å². The molecule has 3 rings (SSSR count). The molecule has 1 atom stereocenters. The van der Waals surface area contributed by atoms with Crippen LogP contribution in [0.2, 0.25) is 0 Å². The van der Waals surface area contributed by atoms with Gasteiger partial charge in [0.15, 0.2) is 5.78 Å². The van der Waals surface area contributed by atoms with Crippen LogP contribution in [-0.2, 0) is 6.54 Å². The molecule has 18 heavy (non-hydrogen) atoms. The smallest absolute Gasteiger partial charge is 0.174 e. The Kier molecular flexibility index (Phi) is 2.96. The third-order valence-corrected chi connectivity index (χ3v) is 4.44. The normalized spacial score (nSPS) is 17.7. The standard InChI is InChI=1S/C14H14N2OS/c1-2-16-8-10(7-15-16)14(17)12-9-18-13-6-4-3-5-11(12)13/h3-8,12H,2,9H2,1H3. The molecule has 0 fully saturated rings. The molecule has 0 N–H and O–H groups in total. The van der Waals surface area contributed by atoms with Crippen LogP contribution in [0.25, 0.3) is 0 Å². The number of hydrogen-bond acceptors (Lipinski definition) is 3. The maximum atomic E-state index is 12.5. The first-order valence-electron chi connectivity index (χ1n) is 6.08. The van der Waals surface area contributed by atoms with Crippen LogP contribution in [-0.4, -0.2) is 21.3 Å². The highest BCUT2D eigenvalue weighted by Gasteiger charge is 2.30. The fourth-order valence-electron chi connectivity index (χ4n) is 2.24. The molecule has 1 aliphatic heterocycles. The molecule has 0 saturated heterocycles. The highest BCUT2D eigenvalue weighted by molar-refractivity contribution is 7.99. The number of nitrogens with zero attached hydrogens (tertiary/aromatic N) is 2. The summed E-state index contributed by atoms with van der Waals surface area (Å²) in [5, 5.41) is 4.17. The minimum atomic E-state index is -0.0132. The number of carbonyl (C=O) groups excluding carboxylic acids is 1. The van der Waals surface area contributed by atoms with E-state index in [2.05, 4.69) is 17.2 Å². The van der Waals surface area contributed by atoms with Gasteiger partial charge in [0, 0.05) is 23.4 Å². The largest absolute Gasteiger partial charge is 0.293 e. The van der Waals surface area contributed by atoms with Gasteiger partial charge in [-0.05, 0) is 18.6 Å². The molecule has 0 amide bonds. The zero-order chi connectivity index (χ0) is 12.5. The highest BCUT2D eigenvalue weighted by Crippen LogP contribution is 2.40. The number of thioether (sulfide) groups is 1. The minimum Gasteiger partial charge on any atom is -0.293 e. The summed E-state index contributed by atoms with van der Waals surface area (Å²) in [7, 11) is 0. The van der Waals surface area contributed by atoms with Crippen molar-refractivity contribution in [3.8, 4) is 0 Å². The van der Waals surface area contributed by atoms with Crippen LogP contribution in [0.4, 0.5) is 0 Å². The molecule has 2 aromatic rings. The maximum Gasteiger partial charge on any atom is 0.174 e. The summed E-state index contributed by atoms with van der Waals surface area (Å²) in [4.78, 5) is 13.7. The van der Waals surface area contributed by atoms with E-state index in [9.17, 15) is 4.79 Å². The average Bonchev–Trinajstić information content (AvgIpc) is 3.04. The Balaban J connectivity index is 1.90. The molecule has 1 aromatic heterocycles. The number of benzene rings is 1. The van der Waals surface area contributed by atoms with Crippen molar-refractivity contribution in [1.82, 2.24) is 9.78 Å². The number of rotatable bonds is 3. The number of hydrogen-bond donors (Lipinski definition) is 0. The zero-order valence-electron chi connectivity index (χ0n) is 10.2. The van der Waals surface area contributed by atoms with E-state index in [0.717, 1.165) is 23.4 Å². The minimum absolute atomic E-state index is 0.0132. The van der Waals surface area contributed by atoms with E-state index in [1.807, 2.05) is 25.3 Å². The second-order valence-corrected chi connectivity index (χ2v) is 5.41. The van der Waals surface area contributed by atoms with Crippen LogP contribution in [0.1, 0.15) is 28.8 Å². The molecule has 0 saturated carbocycles. The number of aromatic nitrogens is 2. The van der Waals surface area contributed by atoms with E-state index in [1.165, 1.54) is 4.90 Å². The molecule has 0 bridgehead atoms. The lowest BCUT2D eigenvalue weighted by Gasteiger charge is -2.07. The SMILES string of the molecule is CCn1cc(C(=O)C2CSc3ccccc32)cn1. The Hall–Kier alpha value is -1.55. The lowest BCUT2D eigenvalue weighted by Crippen LogP contribution is -2.11. The third-order valence-electron chi connectivity index (χ3n) is 3.26. The van der Waals surface area contributed by atoms with Crippen molar-refractivity contribution in [2.75, 3.05) is 5.75 Å². The summed E-state index contributed by atoms with van der Waals surface area (Å²) >= 11 is 1.76. The van der Waals surface area contributed by atoms with Crippen molar-refractivity contribution in [2.45, 2.75) is 24.3 Å². The van der Waals surface area contributed by atoms with Crippen molar-refractivity contribution in [3.05, 3.63) is 47.8 Å². The first kappa shape index (κ1) is 11.5. The first-order valence-corrected chi connectivity index (χ1v) is 7.06. The predicted molar refractivity (Wildman–Crippen MR) is 72.1 cm³/mol. The van der Waals surface area contributed by atoms with Gasteiger partial charge in [-0.25, -0.2) is 0 Å². The van der Waals surface area contributed by atoms with Crippen molar-refractivity contribution in [2.24, 2.45) is 0 Å². The Morgan fingerprint density at radius 3 is 3.11 bits per heavy atom. The molecule has 3 nitrogen and oxygen atoms in total. The zero-order valence-corrected chi connectivity index (χ0v) is 11.0. The van der Waals surface area contributed by atoms with Crippen molar-refractivity contribution in [1.29, 1.82) is 0 Å². The van der Waals surface area contributed by atoms with E-state index in [4.69, 9.17) is 0 Å². The topological polar surface area (TPSA) is 34.9 Å². The average molecular weight is 258 g/mol. The van der Waals surface area contributed by atoms with Gasteiger partial charge in [0.25, 0.3) is 0 Å². The van der Waals surface area contributed by atoms with Crippen molar-refractivity contribution < 1.29 is 4.79 Å². The lowest BCUT2D eigenvalue weighted by molar-refractivity contribution is 0.0968. The third kappa shape index (κ3) is 1.86. The summed E-state index contributed by atoms with van der Waals surface area (Å²) in [6, 6.07) is 8.17. The summed E-state index contributed by atoms with van der Waals surface area (Å²) in [6.45, 7) is 2.81. The molecule has 1 aromatic carbocycles. The van der Waals surface area contributed by atoms with Crippen LogP contribution in [0, 0.1) is 0 Å². The molecule has 0 spiro atoms. The second kappa shape index (κ2) is 4.61. The summed E-state index contributed by atoms with van der Waals surface area (Å²) < 4.78 is 1.79. The molecular weight excluding hydrogens is 244 g/mol. The van der Waals surface area contributed by atoms with Gasteiger partial charge < -0.3 is 0 Å². The van der Waals surface area contributed by atoms with Crippen LogP contribution in [0.3, 0.4) is 0 Å². The van der Waals surface area contributed by atoms with Crippen molar-refractivity contribution >= 4 is 17.5 Å². The van der Waals surface area contributed by atoms with Gasteiger partial charge >= 0.3 is 0 Å². The van der Waals surface area contributed by atoms with E-state index in [1.54, 1.807) is 22.6 Å². The number of ketones is 1. The Morgan fingerprint density at radius 1 is 1.50 bits per heavy atom. The highest BCUT2D eigenvalue weighted by atomic mass is 32.2. The molecule has 1 aliphatic rings. The van der Waals surface area contributed by atoms with Gasteiger partial charge in [0.2, 0.25) is 0 Å². The molecule has 0 radical (unpaired) electrons. The van der Waals surface area contributed by atoms with Crippen LogP contribution >= 0.6 is 11.8 Å². The lowest BCUT2D eigenvalue weighted by atomic mass is 9.94. The fourth-order valence-corrected chi connectivity index (χ4v) is 3.47. The van der Waals surface area contributed by atoms with E-state index in [0.29, 0.717) is 0 Å². The van der Waals surface area contributed by atoms with Gasteiger partial charge in [-0.2, -0.15) is 5.10 Å². The first-order chi connectivity index (χ1) is 8.79. The summed E-state index contributed by atoms with van der Waals surface area (Å²) in [5.74, 6) is 1.02. The number of Topliss-reactive ketones (excluding diaryl/α,β-unsaturated/α-hetero) is 1. The predicted octanol–water partition coefficient (Wildman–Crippen LogP) is 2.98. The molecule has 0 aliphatic carbocycles. The van der Waals surface area contributed by atoms with E-state index >= 15 is 0 Å². The van der Waals surface area contributed by atoms with Gasteiger partial charge in [-0.1, -0.05) is 18.2 Å². The second-order valence-electron chi connectivity index (χ2n) is 4.35. The van der Waals surface area contributed by atoms with Crippen LogP contribution in [0.5, 0.6) is 0 Å². The molecule has 92 valence electrons. The summed E-state index contributed by atoms with van der Waals surface area (Å²) in [5.41, 5.74) is 1.89. The van der Waals surface area contributed by atoms with Gasteiger partial charge in [-0.3, -0.25) is 9.48 Å². The monoisotopic (exact) mass is 258 g/mol. The van der Waals surface area contributed by atoms with Gasteiger partial charge in [-0.15, -0.1) is 11.8 Å². The quantitative estimate of drug-likeness (QED) is 0.794. The molecular formula is C14H14N2OS. The van der Waals surface area contributed by atoms with Gasteiger partial charge in [0.05, 0.1) is 17.7 Å². The Labute approximate surface area is 110 Å². The molecule has 2 heterocycles. The van der Waals surface area contributed by atoms with Crippen LogP contribution < -0.4 is 0 Å². The summed E-state index contributed by atoms with van der Waals surface area (Å²) in [6.07, 6.45) is 3.52. The molecule has 4 heteroatoms. The van der Waals surface area contributed by atoms with E-state index in [-0.39, 0.29) is 11.7 Å². The maximum absolute atomic E-state index is 12.5. The fraction of sp³-hybridized carbons (Fsp3) is 0.286. The number of aryl methyl sites for hydroxylation is 1. The molecule has 1 unspecified atom stereocenters. The van der Waals surface area contributed by atoms with Crippen molar-refractivity contribution in [3.63, 3.8) is 0 Å². The van der Waals surface area contributed by atoms with E-state index < -0.39 is 0 Å². The Bertz CT molecular complexity index is 591. The number of carbonyl (C=O) groups is 1. The Morgan fingerprint density at radius 2 is 2.33 bits per heavy atom. The van der Waals surface area contributed by atoms with Gasteiger partial charge in [0.1, 0.15) is 0 Å². The number of fused-ring (bicyclic) bond motifs is 1.